The van der Waals surface area contributed by atoms with Gasteiger partial charge in [-0.15, -0.1) is 0 Å². The van der Waals surface area contributed by atoms with Gasteiger partial charge in [0, 0.05) is 19.5 Å². The smallest absolute Gasteiger partial charge is 0.0712 e. The number of rotatable bonds is 2. The summed E-state index contributed by atoms with van der Waals surface area (Å²) in [5.74, 6) is 0. The summed E-state index contributed by atoms with van der Waals surface area (Å²) in [4.78, 5) is 2.29. The minimum absolute atomic E-state index is 0.493. The van der Waals surface area contributed by atoms with E-state index in [4.69, 9.17) is 0 Å². The van der Waals surface area contributed by atoms with Gasteiger partial charge in [-0.1, -0.05) is 29.3 Å². The van der Waals surface area contributed by atoms with Gasteiger partial charge >= 0.3 is 0 Å². The van der Waals surface area contributed by atoms with E-state index in [0.717, 1.165) is 32.4 Å². The Balaban J connectivity index is 2.09. The molecule has 1 aliphatic rings. The lowest BCUT2D eigenvalue weighted by molar-refractivity contribution is -0.0150. The molecule has 1 fully saturated rings. The predicted octanol–water partition coefficient (Wildman–Crippen LogP) is 2.30. The normalized spacial score (nSPS) is 20.5. The number of aryl methyl sites for hydroxylation is 2. The molecule has 1 heterocycles. The van der Waals surface area contributed by atoms with Crippen LogP contribution in [0.4, 0.5) is 0 Å². The van der Waals surface area contributed by atoms with E-state index in [0.29, 0.717) is 0 Å². The van der Waals surface area contributed by atoms with E-state index in [1.807, 2.05) is 0 Å². The number of hydrogen-bond acceptors (Lipinski definition) is 2. The molecule has 0 aliphatic carbocycles. The maximum absolute atomic E-state index is 10.6. The van der Waals surface area contributed by atoms with Crippen LogP contribution < -0.4 is 0 Å². The Kier molecular flexibility index (Phi) is 3.55. The first-order valence-electron chi connectivity index (χ1n) is 6.45. The van der Waals surface area contributed by atoms with Crippen LogP contribution in [0.1, 0.15) is 29.5 Å². The van der Waals surface area contributed by atoms with Crippen LogP contribution >= 0.6 is 0 Å². The van der Waals surface area contributed by atoms with Crippen LogP contribution in [0.5, 0.6) is 0 Å². The third-order valence-corrected chi connectivity index (χ3v) is 3.73. The summed E-state index contributed by atoms with van der Waals surface area (Å²) >= 11 is 0. The predicted molar refractivity (Wildman–Crippen MR) is 71.3 cm³/mol. The first kappa shape index (κ1) is 12.6. The summed E-state index contributed by atoms with van der Waals surface area (Å²) in [5.41, 5.74) is 3.36. The van der Waals surface area contributed by atoms with Gasteiger partial charge in [-0.25, -0.2) is 0 Å². The van der Waals surface area contributed by atoms with E-state index in [1.54, 1.807) is 0 Å². The van der Waals surface area contributed by atoms with Crippen molar-refractivity contribution in [1.29, 1.82) is 0 Å². The first-order chi connectivity index (χ1) is 7.97. The van der Waals surface area contributed by atoms with Crippen LogP contribution in [0, 0.1) is 13.8 Å². The van der Waals surface area contributed by atoms with Gasteiger partial charge in [-0.05, 0) is 39.3 Å². The van der Waals surface area contributed by atoms with Crippen molar-refractivity contribution in [2.75, 3.05) is 20.1 Å². The number of aliphatic hydroxyl groups is 1. The summed E-state index contributed by atoms with van der Waals surface area (Å²) < 4.78 is 0. The van der Waals surface area contributed by atoms with Crippen LogP contribution in [0.25, 0.3) is 0 Å². The molecule has 1 N–H and O–H groups in total. The molecule has 0 saturated carbocycles. The van der Waals surface area contributed by atoms with Crippen LogP contribution in [-0.4, -0.2) is 35.7 Å². The van der Waals surface area contributed by atoms with Gasteiger partial charge in [0.25, 0.3) is 0 Å². The summed E-state index contributed by atoms with van der Waals surface area (Å²) in [7, 11) is 2.12. The second-order valence-electron chi connectivity index (χ2n) is 5.70. The molecule has 1 aromatic carbocycles. The highest BCUT2D eigenvalue weighted by Crippen LogP contribution is 2.26. The van der Waals surface area contributed by atoms with E-state index < -0.39 is 5.60 Å². The minimum atomic E-state index is -0.493. The van der Waals surface area contributed by atoms with Crippen LogP contribution in [-0.2, 0) is 6.42 Å². The summed E-state index contributed by atoms with van der Waals surface area (Å²) in [6, 6.07) is 6.58. The molecule has 94 valence electrons. The maximum Gasteiger partial charge on any atom is 0.0712 e. The van der Waals surface area contributed by atoms with Crippen molar-refractivity contribution < 1.29 is 5.11 Å². The van der Waals surface area contributed by atoms with Crippen LogP contribution in [0.3, 0.4) is 0 Å². The van der Waals surface area contributed by atoms with E-state index in [2.05, 4.69) is 44.0 Å². The van der Waals surface area contributed by atoms with Gasteiger partial charge in [0.1, 0.15) is 0 Å². The molecule has 0 amide bonds. The van der Waals surface area contributed by atoms with Crippen LogP contribution in [0.2, 0.25) is 0 Å². The van der Waals surface area contributed by atoms with Gasteiger partial charge in [0.05, 0.1) is 5.60 Å². The molecule has 2 heteroatoms. The zero-order valence-corrected chi connectivity index (χ0v) is 11.2. The Morgan fingerprint density at radius 3 is 2.18 bits per heavy atom. The largest absolute Gasteiger partial charge is 0.389 e. The second-order valence-corrected chi connectivity index (χ2v) is 5.70. The van der Waals surface area contributed by atoms with E-state index >= 15 is 0 Å². The molecule has 2 nitrogen and oxygen atoms in total. The Hall–Kier alpha value is -0.860. The summed E-state index contributed by atoms with van der Waals surface area (Å²) in [6.45, 7) is 6.24. The highest BCUT2D eigenvalue weighted by Gasteiger charge is 2.31. The summed E-state index contributed by atoms with van der Waals surface area (Å²) in [6.07, 6.45) is 2.57. The molecular weight excluding hydrogens is 210 g/mol. The molecule has 0 aromatic heterocycles. The standard InChI is InChI=1S/C15H23NO/c1-12-8-13(2)10-14(9-12)11-15(17)4-6-16(3)7-5-15/h8-10,17H,4-7,11H2,1-3H3. The zero-order valence-electron chi connectivity index (χ0n) is 11.2. The third-order valence-electron chi connectivity index (χ3n) is 3.73. The van der Waals surface area contributed by atoms with Crippen molar-refractivity contribution in [3.8, 4) is 0 Å². The molecule has 0 spiro atoms. The molecule has 0 atom stereocenters. The molecule has 2 rings (SSSR count). The molecule has 0 bridgehead atoms. The Morgan fingerprint density at radius 1 is 1.12 bits per heavy atom. The van der Waals surface area contributed by atoms with Gasteiger partial charge < -0.3 is 10.0 Å². The average Bonchev–Trinajstić information content (AvgIpc) is 2.21. The number of hydrogen-bond donors (Lipinski definition) is 1. The number of benzene rings is 1. The van der Waals surface area contributed by atoms with Gasteiger partial charge in [0.15, 0.2) is 0 Å². The highest BCUT2D eigenvalue weighted by atomic mass is 16.3. The van der Waals surface area contributed by atoms with E-state index in [1.165, 1.54) is 16.7 Å². The van der Waals surface area contributed by atoms with E-state index in [9.17, 15) is 5.11 Å². The Labute approximate surface area is 104 Å². The maximum atomic E-state index is 10.6. The molecule has 0 unspecified atom stereocenters. The average molecular weight is 233 g/mol. The quantitative estimate of drug-likeness (QED) is 0.847. The topological polar surface area (TPSA) is 23.5 Å². The van der Waals surface area contributed by atoms with Gasteiger partial charge in [-0.3, -0.25) is 0 Å². The molecule has 1 aromatic rings. The van der Waals surface area contributed by atoms with Crippen molar-refractivity contribution in [1.82, 2.24) is 4.90 Å². The van der Waals surface area contributed by atoms with Crippen LogP contribution in [0.15, 0.2) is 18.2 Å². The van der Waals surface area contributed by atoms with Gasteiger partial charge in [0.2, 0.25) is 0 Å². The van der Waals surface area contributed by atoms with Crippen molar-refractivity contribution >= 4 is 0 Å². The Morgan fingerprint density at radius 2 is 1.65 bits per heavy atom. The number of nitrogens with zero attached hydrogens (tertiary/aromatic N) is 1. The SMILES string of the molecule is Cc1cc(C)cc(CC2(O)CCN(C)CC2)c1. The molecule has 17 heavy (non-hydrogen) atoms. The molecular formula is C15H23NO. The molecule has 1 saturated heterocycles. The highest BCUT2D eigenvalue weighted by molar-refractivity contribution is 5.29. The third kappa shape index (κ3) is 3.30. The lowest BCUT2D eigenvalue weighted by atomic mass is 9.85. The van der Waals surface area contributed by atoms with E-state index in [-0.39, 0.29) is 0 Å². The van der Waals surface area contributed by atoms with Gasteiger partial charge in [-0.2, -0.15) is 0 Å². The van der Waals surface area contributed by atoms with Crippen molar-refractivity contribution in [2.24, 2.45) is 0 Å². The van der Waals surface area contributed by atoms with Crippen molar-refractivity contribution in [3.05, 3.63) is 34.9 Å². The lowest BCUT2D eigenvalue weighted by Crippen LogP contribution is -2.44. The number of piperidine rings is 1. The summed E-state index contributed by atoms with van der Waals surface area (Å²) in [5, 5.41) is 10.6. The van der Waals surface area contributed by atoms with Crippen molar-refractivity contribution in [3.63, 3.8) is 0 Å². The Bertz CT molecular complexity index is 372. The second kappa shape index (κ2) is 4.79. The minimum Gasteiger partial charge on any atom is -0.389 e. The molecule has 0 radical (unpaired) electrons. The fourth-order valence-corrected chi connectivity index (χ4v) is 2.76. The monoisotopic (exact) mass is 233 g/mol. The zero-order chi connectivity index (χ0) is 12.5. The first-order valence-corrected chi connectivity index (χ1v) is 6.45. The lowest BCUT2D eigenvalue weighted by Gasteiger charge is -2.36. The number of likely N-dealkylation sites (tertiary alicyclic amines) is 1. The van der Waals surface area contributed by atoms with Crippen molar-refractivity contribution in [2.45, 2.75) is 38.7 Å². The molecule has 1 aliphatic heterocycles. The fourth-order valence-electron chi connectivity index (χ4n) is 2.76. The fraction of sp³-hybridized carbons (Fsp3) is 0.600.